The molecule has 98 valence electrons. The molecule has 0 saturated carbocycles. The first-order valence-electron chi connectivity index (χ1n) is 5.59. The van der Waals surface area contributed by atoms with Crippen molar-refractivity contribution in [2.75, 3.05) is 5.32 Å². The molecule has 5 nitrogen and oxygen atoms in total. The summed E-state index contributed by atoms with van der Waals surface area (Å²) in [4.78, 5) is 27.0. The summed E-state index contributed by atoms with van der Waals surface area (Å²) < 4.78 is 0. The van der Waals surface area contributed by atoms with Gasteiger partial charge >= 0.3 is 0 Å². The Bertz CT molecular complexity index is 431. The third kappa shape index (κ3) is 4.33. The predicted molar refractivity (Wildman–Crippen MR) is 70.3 cm³/mol. The highest BCUT2D eigenvalue weighted by Crippen LogP contribution is 2.11. The Morgan fingerprint density at radius 2 is 2.00 bits per heavy atom. The van der Waals surface area contributed by atoms with Crippen LogP contribution in [0.25, 0.3) is 0 Å². The highest BCUT2D eigenvalue weighted by Gasteiger charge is 2.23. The average Bonchev–Trinajstić information content (AvgIpc) is 2.28. The van der Waals surface area contributed by atoms with E-state index in [9.17, 15) is 9.59 Å². The smallest absolute Gasteiger partial charge is 0.248 e. The van der Waals surface area contributed by atoms with Gasteiger partial charge in [0.25, 0.3) is 0 Å². The summed E-state index contributed by atoms with van der Waals surface area (Å²) in [5.41, 5.74) is 0. The summed E-state index contributed by atoms with van der Waals surface area (Å²) in [6.07, 6.45) is 1.44. The number of hydrogen-bond donors (Lipinski definition) is 2. The number of aromatic nitrogens is 1. The fraction of sp³-hybridized carbons (Fsp3) is 0.417. The van der Waals surface area contributed by atoms with Gasteiger partial charge in [0.05, 0.1) is 5.02 Å². The van der Waals surface area contributed by atoms with E-state index >= 15 is 0 Å². The molecule has 0 radical (unpaired) electrons. The zero-order valence-electron chi connectivity index (χ0n) is 10.5. The van der Waals surface area contributed by atoms with E-state index in [1.165, 1.54) is 13.1 Å². The van der Waals surface area contributed by atoms with Crippen LogP contribution < -0.4 is 10.6 Å². The van der Waals surface area contributed by atoms with Crippen LogP contribution in [0.3, 0.4) is 0 Å². The Morgan fingerprint density at radius 3 is 2.44 bits per heavy atom. The highest BCUT2D eigenvalue weighted by atomic mass is 35.5. The molecule has 0 bridgehead atoms. The molecule has 1 unspecified atom stereocenters. The Labute approximate surface area is 111 Å². The zero-order chi connectivity index (χ0) is 13.7. The van der Waals surface area contributed by atoms with Crippen molar-refractivity contribution in [3.8, 4) is 0 Å². The molecule has 6 heteroatoms. The van der Waals surface area contributed by atoms with E-state index in [-0.39, 0.29) is 17.7 Å². The molecule has 0 fully saturated rings. The van der Waals surface area contributed by atoms with Gasteiger partial charge in [0, 0.05) is 13.1 Å². The molecule has 1 rings (SSSR count). The molecule has 0 saturated heterocycles. The summed E-state index contributed by atoms with van der Waals surface area (Å²) in [7, 11) is 0. The van der Waals surface area contributed by atoms with Crippen molar-refractivity contribution in [3.05, 3.63) is 23.4 Å². The monoisotopic (exact) mass is 269 g/mol. The van der Waals surface area contributed by atoms with E-state index in [1.54, 1.807) is 12.1 Å². The van der Waals surface area contributed by atoms with E-state index in [2.05, 4.69) is 15.6 Å². The Balaban J connectivity index is 2.72. The minimum atomic E-state index is -0.583. The van der Waals surface area contributed by atoms with Crippen LogP contribution in [-0.2, 0) is 9.59 Å². The number of carbonyl (C=O) groups excluding carboxylic acids is 2. The number of nitrogens with zero attached hydrogens (tertiary/aromatic N) is 1. The Kier molecular flexibility index (Phi) is 5.09. The minimum absolute atomic E-state index is 0.0128. The van der Waals surface area contributed by atoms with Crippen LogP contribution in [-0.4, -0.2) is 22.8 Å². The average molecular weight is 270 g/mol. The summed E-state index contributed by atoms with van der Waals surface area (Å²) >= 11 is 5.70. The van der Waals surface area contributed by atoms with Gasteiger partial charge in [0.15, 0.2) is 0 Å². The van der Waals surface area contributed by atoms with E-state index < -0.39 is 6.04 Å². The second-order valence-electron chi connectivity index (χ2n) is 4.27. The van der Waals surface area contributed by atoms with Gasteiger partial charge < -0.3 is 10.6 Å². The first-order chi connectivity index (χ1) is 8.40. The maximum atomic E-state index is 12.0. The van der Waals surface area contributed by atoms with Gasteiger partial charge in [-0.3, -0.25) is 9.59 Å². The van der Waals surface area contributed by atoms with Gasteiger partial charge in [0.2, 0.25) is 11.8 Å². The van der Waals surface area contributed by atoms with Crippen molar-refractivity contribution in [2.24, 2.45) is 5.92 Å². The number of pyridine rings is 1. The summed E-state index contributed by atoms with van der Waals surface area (Å²) in [5.74, 6) is -0.149. The molecule has 1 aromatic rings. The molecule has 2 amide bonds. The topological polar surface area (TPSA) is 71.1 Å². The molecule has 0 aliphatic heterocycles. The maximum Gasteiger partial charge on any atom is 0.248 e. The maximum absolute atomic E-state index is 12.0. The number of halogens is 1. The second-order valence-corrected chi connectivity index (χ2v) is 4.71. The number of nitrogens with one attached hydrogen (secondary N) is 2. The molecule has 1 atom stereocenters. The fourth-order valence-corrected chi connectivity index (χ4v) is 1.52. The van der Waals surface area contributed by atoms with Gasteiger partial charge in [-0.25, -0.2) is 4.98 Å². The van der Waals surface area contributed by atoms with E-state index in [4.69, 9.17) is 11.6 Å². The lowest BCUT2D eigenvalue weighted by Crippen LogP contribution is -2.46. The second kappa shape index (κ2) is 6.35. The first kappa shape index (κ1) is 14.4. The molecule has 2 N–H and O–H groups in total. The molecular formula is C12H16ClN3O2. The number of anilines is 1. The fourth-order valence-electron chi connectivity index (χ4n) is 1.41. The van der Waals surface area contributed by atoms with Crippen LogP contribution in [0.15, 0.2) is 18.3 Å². The minimum Gasteiger partial charge on any atom is -0.344 e. The third-order valence-corrected chi connectivity index (χ3v) is 2.51. The van der Waals surface area contributed by atoms with Crippen LogP contribution in [0.2, 0.25) is 5.02 Å². The number of amides is 2. The lowest BCUT2D eigenvalue weighted by Gasteiger charge is -2.20. The standard InChI is InChI=1S/C12H16ClN3O2/c1-7(2)11(15-8(3)17)12(18)16-10-5-4-9(13)6-14-10/h4-7,11H,1-3H3,(H,15,17)(H,14,16,18). The lowest BCUT2D eigenvalue weighted by atomic mass is 10.0. The summed E-state index contributed by atoms with van der Waals surface area (Å²) in [5, 5.41) is 5.73. The van der Waals surface area contributed by atoms with Crippen molar-refractivity contribution in [1.29, 1.82) is 0 Å². The Hall–Kier alpha value is -1.62. The van der Waals surface area contributed by atoms with E-state index in [1.807, 2.05) is 13.8 Å². The lowest BCUT2D eigenvalue weighted by molar-refractivity contribution is -0.126. The molecule has 0 aliphatic rings. The van der Waals surface area contributed by atoms with E-state index in [0.29, 0.717) is 10.8 Å². The van der Waals surface area contributed by atoms with E-state index in [0.717, 1.165) is 0 Å². The van der Waals surface area contributed by atoms with Crippen LogP contribution in [0.4, 0.5) is 5.82 Å². The Morgan fingerprint density at radius 1 is 1.33 bits per heavy atom. The van der Waals surface area contributed by atoms with Gasteiger partial charge in [-0.2, -0.15) is 0 Å². The molecular weight excluding hydrogens is 254 g/mol. The molecule has 0 aromatic carbocycles. The van der Waals surface area contributed by atoms with Gasteiger partial charge in [-0.15, -0.1) is 0 Å². The SMILES string of the molecule is CC(=O)NC(C(=O)Nc1ccc(Cl)cn1)C(C)C. The molecule has 1 aromatic heterocycles. The van der Waals surface area contributed by atoms with Gasteiger partial charge in [-0.1, -0.05) is 25.4 Å². The van der Waals surface area contributed by atoms with Crippen LogP contribution >= 0.6 is 11.6 Å². The number of hydrogen-bond acceptors (Lipinski definition) is 3. The van der Waals surface area contributed by atoms with Crippen molar-refractivity contribution in [1.82, 2.24) is 10.3 Å². The largest absolute Gasteiger partial charge is 0.344 e. The molecule has 1 heterocycles. The van der Waals surface area contributed by atoms with Crippen molar-refractivity contribution in [2.45, 2.75) is 26.8 Å². The number of carbonyl (C=O) groups is 2. The molecule has 18 heavy (non-hydrogen) atoms. The van der Waals surface area contributed by atoms with Gasteiger partial charge in [-0.05, 0) is 18.1 Å². The normalized spacial score (nSPS) is 12.1. The van der Waals surface area contributed by atoms with Crippen molar-refractivity contribution in [3.63, 3.8) is 0 Å². The van der Waals surface area contributed by atoms with Crippen LogP contribution in [0.5, 0.6) is 0 Å². The molecule has 0 aliphatic carbocycles. The third-order valence-electron chi connectivity index (χ3n) is 2.29. The predicted octanol–water partition coefficient (Wildman–Crippen LogP) is 1.83. The first-order valence-corrected chi connectivity index (χ1v) is 5.97. The number of rotatable bonds is 4. The van der Waals surface area contributed by atoms with Crippen LogP contribution in [0.1, 0.15) is 20.8 Å². The van der Waals surface area contributed by atoms with Gasteiger partial charge in [0.1, 0.15) is 11.9 Å². The quantitative estimate of drug-likeness (QED) is 0.876. The molecule has 0 spiro atoms. The highest BCUT2D eigenvalue weighted by molar-refractivity contribution is 6.30. The summed E-state index contributed by atoms with van der Waals surface area (Å²) in [6.45, 7) is 5.09. The van der Waals surface area contributed by atoms with Crippen LogP contribution in [0, 0.1) is 5.92 Å². The van der Waals surface area contributed by atoms with Crippen molar-refractivity contribution >= 4 is 29.2 Å². The zero-order valence-corrected chi connectivity index (χ0v) is 11.3. The van der Waals surface area contributed by atoms with Crippen molar-refractivity contribution < 1.29 is 9.59 Å². The summed E-state index contributed by atoms with van der Waals surface area (Å²) in [6, 6.07) is 2.65.